The summed E-state index contributed by atoms with van der Waals surface area (Å²) in [5.74, 6) is 0.237. The van der Waals surface area contributed by atoms with Crippen molar-refractivity contribution in [3.63, 3.8) is 0 Å². The SMILES string of the molecule is N#Cc1ncc(C2=CC3CCCC(C2)N3Cc2ccccc2)cn1. The van der Waals surface area contributed by atoms with E-state index in [1.54, 1.807) is 12.4 Å². The molecule has 2 atom stereocenters. The zero-order chi connectivity index (χ0) is 16.4. The maximum Gasteiger partial charge on any atom is 0.232 e. The monoisotopic (exact) mass is 316 g/mol. The van der Waals surface area contributed by atoms with E-state index in [4.69, 9.17) is 5.26 Å². The van der Waals surface area contributed by atoms with Crippen LogP contribution in [-0.2, 0) is 6.54 Å². The number of piperidine rings is 1. The largest absolute Gasteiger partial charge is 0.289 e. The van der Waals surface area contributed by atoms with Crippen molar-refractivity contribution in [2.75, 3.05) is 0 Å². The molecule has 4 nitrogen and oxygen atoms in total. The molecule has 0 aliphatic carbocycles. The molecule has 1 saturated heterocycles. The molecule has 4 rings (SSSR count). The van der Waals surface area contributed by atoms with Gasteiger partial charge in [-0.05, 0) is 30.4 Å². The Bertz CT molecular complexity index is 774. The highest BCUT2D eigenvalue weighted by molar-refractivity contribution is 5.66. The van der Waals surface area contributed by atoms with Gasteiger partial charge < -0.3 is 0 Å². The normalized spacial score (nSPS) is 23.4. The summed E-state index contributed by atoms with van der Waals surface area (Å²) in [6, 6.07) is 13.8. The number of benzene rings is 1. The predicted octanol–water partition coefficient (Wildman–Crippen LogP) is 3.56. The van der Waals surface area contributed by atoms with Gasteiger partial charge in [-0.2, -0.15) is 5.26 Å². The molecular weight excluding hydrogens is 296 g/mol. The van der Waals surface area contributed by atoms with Gasteiger partial charge in [0.2, 0.25) is 5.82 Å². The van der Waals surface area contributed by atoms with Crippen LogP contribution in [0.15, 0.2) is 48.8 Å². The van der Waals surface area contributed by atoms with Crippen molar-refractivity contribution < 1.29 is 0 Å². The maximum atomic E-state index is 8.85. The molecule has 2 bridgehead atoms. The van der Waals surface area contributed by atoms with Crippen LogP contribution in [0.2, 0.25) is 0 Å². The Kier molecular flexibility index (Phi) is 4.10. The van der Waals surface area contributed by atoms with E-state index in [1.807, 2.05) is 6.07 Å². The first-order chi connectivity index (χ1) is 11.8. The van der Waals surface area contributed by atoms with E-state index in [0.29, 0.717) is 12.1 Å². The van der Waals surface area contributed by atoms with Crippen molar-refractivity contribution >= 4 is 5.57 Å². The van der Waals surface area contributed by atoms with Crippen LogP contribution in [0, 0.1) is 11.3 Å². The number of hydrogen-bond donors (Lipinski definition) is 0. The number of nitrogens with zero attached hydrogens (tertiary/aromatic N) is 4. The number of aromatic nitrogens is 2. The summed E-state index contributed by atoms with van der Waals surface area (Å²) < 4.78 is 0. The third-order valence-corrected chi connectivity index (χ3v) is 5.11. The molecular formula is C20H20N4. The van der Waals surface area contributed by atoms with Gasteiger partial charge in [-0.3, -0.25) is 4.90 Å². The molecule has 2 aliphatic heterocycles. The zero-order valence-corrected chi connectivity index (χ0v) is 13.6. The summed E-state index contributed by atoms with van der Waals surface area (Å²) >= 11 is 0. The average molecular weight is 316 g/mol. The molecule has 0 spiro atoms. The van der Waals surface area contributed by atoms with Crippen molar-refractivity contribution in [2.24, 2.45) is 0 Å². The quantitative estimate of drug-likeness (QED) is 0.869. The second kappa shape index (κ2) is 6.54. The van der Waals surface area contributed by atoms with E-state index in [9.17, 15) is 0 Å². The Balaban J connectivity index is 1.58. The smallest absolute Gasteiger partial charge is 0.232 e. The molecule has 2 unspecified atom stereocenters. The highest BCUT2D eigenvalue weighted by Crippen LogP contribution is 2.37. The molecule has 0 amide bonds. The van der Waals surface area contributed by atoms with E-state index in [0.717, 1.165) is 18.5 Å². The molecule has 1 fully saturated rings. The van der Waals surface area contributed by atoms with E-state index in [1.165, 1.54) is 30.4 Å². The van der Waals surface area contributed by atoms with E-state index in [-0.39, 0.29) is 5.82 Å². The van der Waals surface area contributed by atoms with Crippen LogP contribution in [0.5, 0.6) is 0 Å². The minimum atomic E-state index is 0.237. The second-order valence-electron chi connectivity index (χ2n) is 6.61. The first kappa shape index (κ1) is 15.0. The summed E-state index contributed by atoms with van der Waals surface area (Å²) in [6.45, 7) is 1.02. The Hall–Kier alpha value is -2.51. The molecule has 0 radical (unpaired) electrons. The third-order valence-electron chi connectivity index (χ3n) is 5.11. The minimum absolute atomic E-state index is 0.237. The standard InChI is InChI=1S/C20H20N4/c21-11-20-22-12-17(13-23-20)16-9-18-7-4-8-19(10-16)24(18)14-15-5-2-1-3-6-15/h1-3,5-6,9,12-13,18-19H,4,7-8,10,14H2. The van der Waals surface area contributed by atoms with Gasteiger partial charge in [-0.25, -0.2) is 9.97 Å². The molecule has 0 N–H and O–H groups in total. The van der Waals surface area contributed by atoms with Gasteiger partial charge in [0.1, 0.15) is 6.07 Å². The molecule has 4 heteroatoms. The van der Waals surface area contributed by atoms with Gasteiger partial charge in [-0.1, -0.05) is 42.8 Å². The summed E-state index contributed by atoms with van der Waals surface area (Å²) in [6.07, 6.45) is 10.8. The van der Waals surface area contributed by atoms with E-state index < -0.39 is 0 Å². The van der Waals surface area contributed by atoms with Crippen molar-refractivity contribution in [3.8, 4) is 6.07 Å². The summed E-state index contributed by atoms with van der Waals surface area (Å²) in [5.41, 5.74) is 3.77. The molecule has 24 heavy (non-hydrogen) atoms. The van der Waals surface area contributed by atoms with Crippen LogP contribution in [0.25, 0.3) is 5.57 Å². The van der Waals surface area contributed by atoms with Crippen molar-refractivity contribution in [3.05, 3.63) is 65.8 Å². The minimum Gasteiger partial charge on any atom is -0.289 e. The summed E-state index contributed by atoms with van der Waals surface area (Å²) in [5, 5.41) is 8.85. The Morgan fingerprint density at radius 3 is 2.62 bits per heavy atom. The second-order valence-corrected chi connectivity index (χ2v) is 6.61. The lowest BCUT2D eigenvalue weighted by Crippen LogP contribution is -2.47. The van der Waals surface area contributed by atoms with Gasteiger partial charge in [0.15, 0.2) is 0 Å². The highest BCUT2D eigenvalue weighted by Gasteiger charge is 2.34. The lowest BCUT2D eigenvalue weighted by molar-refractivity contribution is 0.0951. The third kappa shape index (κ3) is 2.95. The van der Waals surface area contributed by atoms with Gasteiger partial charge in [0, 0.05) is 36.6 Å². The van der Waals surface area contributed by atoms with Gasteiger partial charge in [0.05, 0.1) is 0 Å². The first-order valence-electron chi connectivity index (χ1n) is 8.56. The fraction of sp³-hybridized carbons (Fsp3) is 0.350. The van der Waals surface area contributed by atoms with Gasteiger partial charge >= 0.3 is 0 Å². The Labute approximate surface area is 142 Å². The van der Waals surface area contributed by atoms with Crippen LogP contribution in [-0.4, -0.2) is 27.0 Å². The van der Waals surface area contributed by atoms with Crippen molar-refractivity contribution in [1.29, 1.82) is 5.26 Å². The first-order valence-corrected chi connectivity index (χ1v) is 8.56. The van der Waals surface area contributed by atoms with Crippen LogP contribution < -0.4 is 0 Å². The van der Waals surface area contributed by atoms with Crippen molar-refractivity contribution in [1.82, 2.24) is 14.9 Å². The Morgan fingerprint density at radius 1 is 1.12 bits per heavy atom. The number of hydrogen-bond acceptors (Lipinski definition) is 4. The molecule has 2 aromatic rings. The topological polar surface area (TPSA) is 52.8 Å². The van der Waals surface area contributed by atoms with Gasteiger partial charge in [-0.15, -0.1) is 0 Å². The van der Waals surface area contributed by atoms with E-state index >= 15 is 0 Å². The summed E-state index contributed by atoms with van der Waals surface area (Å²) in [7, 11) is 0. The summed E-state index contributed by atoms with van der Waals surface area (Å²) in [4.78, 5) is 10.9. The predicted molar refractivity (Wildman–Crippen MR) is 92.8 cm³/mol. The lowest BCUT2D eigenvalue weighted by atomic mass is 9.83. The maximum absolute atomic E-state index is 8.85. The van der Waals surface area contributed by atoms with Gasteiger partial charge in [0.25, 0.3) is 0 Å². The number of nitriles is 1. The molecule has 1 aromatic carbocycles. The van der Waals surface area contributed by atoms with E-state index in [2.05, 4.69) is 51.3 Å². The van der Waals surface area contributed by atoms with Crippen LogP contribution >= 0.6 is 0 Å². The van der Waals surface area contributed by atoms with Crippen molar-refractivity contribution in [2.45, 2.75) is 44.3 Å². The molecule has 0 saturated carbocycles. The number of rotatable bonds is 3. The Morgan fingerprint density at radius 2 is 1.92 bits per heavy atom. The molecule has 2 aliphatic rings. The zero-order valence-electron chi connectivity index (χ0n) is 13.6. The van der Waals surface area contributed by atoms with Crippen LogP contribution in [0.3, 0.4) is 0 Å². The molecule has 3 heterocycles. The lowest BCUT2D eigenvalue weighted by Gasteiger charge is -2.45. The number of fused-ring (bicyclic) bond motifs is 2. The molecule has 1 aromatic heterocycles. The molecule has 120 valence electrons. The average Bonchev–Trinajstić information content (AvgIpc) is 2.62. The van der Waals surface area contributed by atoms with Crippen LogP contribution in [0.1, 0.15) is 42.6 Å². The fourth-order valence-electron chi connectivity index (χ4n) is 3.92. The highest BCUT2D eigenvalue weighted by atomic mass is 15.2. The van der Waals surface area contributed by atoms with Crippen LogP contribution in [0.4, 0.5) is 0 Å². The fourth-order valence-corrected chi connectivity index (χ4v) is 3.92.